The smallest absolute Gasteiger partial charge is 0.256 e. The van der Waals surface area contributed by atoms with Crippen LogP contribution >= 0.6 is 0 Å². The molecule has 0 bridgehead atoms. The summed E-state index contributed by atoms with van der Waals surface area (Å²) in [6.07, 6.45) is 0. The van der Waals surface area contributed by atoms with Crippen LogP contribution in [-0.2, 0) is 16.2 Å². The minimum Gasteiger partial charge on any atom is -0.458 e. The van der Waals surface area contributed by atoms with Gasteiger partial charge in [-0.3, -0.25) is 0 Å². The third-order valence-electron chi connectivity index (χ3n) is 25.3. The molecule has 10 heteroatoms. The van der Waals surface area contributed by atoms with Crippen LogP contribution in [0.3, 0.4) is 0 Å². The Bertz CT molecular complexity index is 7560. The van der Waals surface area contributed by atoms with E-state index in [1.165, 1.54) is 121 Å². The lowest BCUT2D eigenvalue weighted by Gasteiger charge is -2.35. The van der Waals surface area contributed by atoms with Crippen molar-refractivity contribution in [3.63, 3.8) is 0 Å². The molecule has 0 atom stereocenters. The molecule has 4 aliphatic rings. The van der Waals surface area contributed by atoms with E-state index in [1.807, 2.05) is 0 Å². The average Bonchev–Trinajstić information content (AvgIpc) is 1.43. The lowest BCUT2D eigenvalue weighted by atomic mass is 9.34. The van der Waals surface area contributed by atoms with Crippen molar-refractivity contribution in [2.75, 3.05) is 0 Å². The number of aromatic nitrogens is 4. The van der Waals surface area contributed by atoms with E-state index in [9.17, 15) is 0 Å². The van der Waals surface area contributed by atoms with Crippen LogP contribution in [0.25, 0.3) is 165 Å². The first kappa shape index (κ1) is 61.7. The number of rotatable bonds is 4. The molecule has 520 valence electrons. The summed E-state index contributed by atoms with van der Waals surface area (Å²) in [5, 5.41) is 13.6. The monoisotopic (exact) mass is 1400 g/mol. The molecule has 6 aromatic heterocycles. The van der Waals surface area contributed by atoms with Crippen molar-refractivity contribution in [2.24, 2.45) is 0 Å². The van der Waals surface area contributed by atoms with Gasteiger partial charge in [-0.2, -0.15) is 0 Å². The van der Waals surface area contributed by atoms with Gasteiger partial charge in [0.25, 0.3) is 13.4 Å². The molecule has 20 aromatic rings. The molecule has 0 unspecified atom stereocenters. The van der Waals surface area contributed by atoms with Crippen molar-refractivity contribution < 1.29 is 18.3 Å². The van der Waals surface area contributed by atoms with Gasteiger partial charge in [0.05, 0.1) is 49.4 Å². The highest BCUT2D eigenvalue weighted by Gasteiger charge is 2.45. The summed E-state index contributed by atoms with van der Waals surface area (Å²) in [6, 6.07) is 91.6. The number of hydrogen-bond donors (Lipinski definition) is 0. The third kappa shape index (κ3) is 8.15. The van der Waals surface area contributed by atoms with Gasteiger partial charge in [0.2, 0.25) is 0 Å². The van der Waals surface area contributed by atoms with Gasteiger partial charge in [-0.1, -0.05) is 197 Å². The largest absolute Gasteiger partial charge is 0.458 e. The molecule has 24 rings (SSSR count). The number of para-hydroxylation sites is 4. The Morgan fingerprint density at radius 2 is 0.826 bits per heavy atom. The molecule has 4 aliphatic heterocycles. The molecule has 109 heavy (non-hydrogen) atoms. The second kappa shape index (κ2) is 20.8. The number of furan rings is 2. The molecule has 0 spiro atoms. The molecule has 0 radical (unpaired) electrons. The summed E-state index contributed by atoms with van der Waals surface area (Å²) < 4.78 is 39.4. The van der Waals surface area contributed by atoms with Gasteiger partial charge in [-0.25, -0.2) is 0 Å². The summed E-state index contributed by atoms with van der Waals surface area (Å²) in [7, 11) is 0. The number of benzene rings is 14. The van der Waals surface area contributed by atoms with Gasteiger partial charge in [-0.15, -0.1) is 0 Å². The van der Waals surface area contributed by atoms with Crippen molar-refractivity contribution >= 4 is 177 Å². The van der Waals surface area contributed by atoms with Gasteiger partial charge in [-0.05, 0) is 210 Å². The summed E-state index contributed by atoms with van der Waals surface area (Å²) in [5.74, 6) is 3.95. The number of hydrogen-bond acceptors (Lipinski definition) is 4. The van der Waals surface area contributed by atoms with Crippen molar-refractivity contribution in [1.82, 2.24) is 18.3 Å². The van der Waals surface area contributed by atoms with E-state index < -0.39 is 0 Å². The van der Waals surface area contributed by atoms with Gasteiger partial charge in [0.1, 0.15) is 45.3 Å². The Balaban J connectivity index is 0.727. The normalized spacial score (nSPS) is 13.8. The predicted octanol–water partition coefficient (Wildman–Crippen LogP) is 22.4. The van der Waals surface area contributed by atoms with E-state index in [-0.39, 0.29) is 35.6 Å². The van der Waals surface area contributed by atoms with Crippen LogP contribution in [0.4, 0.5) is 0 Å². The minimum atomic E-state index is -0.159. The number of nitrogens with zero attached hydrogens (tertiary/aromatic N) is 4. The Morgan fingerprint density at radius 1 is 0.312 bits per heavy atom. The molecular weight excluding hydrogens is 1330 g/mol. The molecule has 10 heterocycles. The number of fused-ring (bicyclic) bond motifs is 28. The van der Waals surface area contributed by atoms with Crippen molar-refractivity contribution in [2.45, 2.75) is 98.3 Å². The summed E-state index contributed by atoms with van der Waals surface area (Å²) in [5.41, 5.74) is 31.4. The SMILES string of the molecule is CC(C)c1cc2c3c(c1)-n1c4ccc5c6cc(-n7c8ccccc8c8ccccc87)ccc6oc5c4c4c5oc6ccc(-n7c8ccccc8c8c(-c9ccc%10c(c9)c9cccc%11c9n%10-c9cc(C(C)(C)C)cc%10c9B%11c9ccc(C(C)(C)C)cc9O%10)cccc87)cc6c5cc(c41)B3c1ccc(C(C)(C)C)cc1O2. The van der Waals surface area contributed by atoms with Crippen LogP contribution in [0, 0.1) is 0 Å². The van der Waals surface area contributed by atoms with Crippen molar-refractivity contribution in [3.05, 3.63) is 265 Å². The Kier molecular flexibility index (Phi) is 11.8. The first-order valence-corrected chi connectivity index (χ1v) is 38.7. The van der Waals surface area contributed by atoms with Crippen LogP contribution < -0.4 is 42.3 Å². The van der Waals surface area contributed by atoms with E-state index in [4.69, 9.17) is 18.3 Å². The first-order valence-electron chi connectivity index (χ1n) is 38.7. The molecule has 0 saturated heterocycles. The van der Waals surface area contributed by atoms with Gasteiger partial charge in [0.15, 0.2) is 0 Å². The van der Waals surface area contributed by atoms with Crippen molar-refractivity contribution in [1.29, 1.82) is 0 Å². The van der Waals surface area contributed by atoms with Crippen molar-refractivity contribution in [3.8, 4) is 56.9 Å². The van der Waals surface area contributed by atoms with E-state index in [0.717, 1.165) is 122 Å². The number of ether oxygens (including phenoxy) is 2. The maximum absolute atomic E-state index is 7.57. The minimum absolute atomic E-state index is 0.0142. The second-order valence-corrected chi connectivity index (χ2v) is 34.9. The third-order valence-corrected chi connectivity index (χ3v) is 25.3. The molecular formula is C99H74B2N4O4. The molecule has 8 nitrogen and oxygen atoms in total. The molecule has 0 amide bonds. The molecule has 0 saturated carbocycles. The summed E-state index contributed by atoms with van der Waals surface area (Å²) in [6.45, 7) is 25.1. The zero-order valence-electron chi connectivity index (χ0n) is 62.7. The van der Waals surface area contributed by atoms with E-state index in [2.05, 4.69) is 337 Å². The van der Waals surface area contributed by atoms with Crippen LogP contribution in [0.15, 0.2) is 251 Å². The summed E-state index contributed by atoms with van der Waals surface area (Å²) >= 11 is 0. The zero-order valence-corrected chi connectivity index (χ0v) is 62.7. The highest BCUT2D eigenvalue weighted by molar-refractivity contribution is 7.00. The fourth-order valence-electron chi connectivity index (χ4n) is 20.0. The Labute approximate surface area is 630 Å². The zero-order chi connectivity index (χ0) is 73.1. The van der Waals surface area contributed by atoms with Gasteiger partial charge >= 0.3 is 0 Å². The van der Waals surface area contributed by atoms with Crippen LogP contribution in [0.2, 0.25) is 0 Å². The maximum Gasteiger partial charge on any atom is 0.256 e. The maximum atomic E-state index is 7.57. The Hall–Kier alpha value is -12.4. The van der Waals surface area contributed by atoms with E-state index >= 15 is 0 Å². The second-order valence-electron chi connectivity index (χ2n) is 34.9. The quantitative estimate of drug-likeness (QED) is 0.165. The summed E-state index contributed by atoms with van der Waals surface area (Å²) in [4.78, 5) is 0. The van der Waals surface area contributed by atoms with E-state index in [1.54, 1.807) is 0 Å². The molecule has 14 aromatic carbocycles. The highest BCUT2D eigenvalue weighted by Crippen LogP contribution is 2.51. The van der Waals surface area contributed by atoms with E-state index in [0.29, 0.717) is 0 Å². The predicted molar refractivity (Wildman–Crippen MR) is 456 cm³/mol. The Morgan fingerprint density at radius 3 is 1.48 bits per heavy atom. The molecule has 0 N–H and O–H groups in total. The standard InChI is InChI=1S/C99H74B2N4O4/c1-52(2)54-43-80-91-86(44-54)106-85-47-56(98(6,7)8)32-37-71(85)101(91)73-51-69-68-50-59(34-41-83(68)109-96(69)90-89-79(105(80)94(73)90)39-35-64-67-49-58(33-40-82(67)108-95(64)89)102-74-26-15-12-20-61(74)62-21-13-16-27-75(62)102)103-76-28-17-14-22-65(76)88-60(23-19-29-78(88)103)53-30-38-77-66(42-53)63-24-18-25-72-93(63)104(77)81-45-57(99(9,10)11)48-87-92(81)100(72)70-36-31-55(97(3,4)5)46-84(70)107-87/h12-52H,1-11H3. The lowest BCUT2D eigenvalue weighted by molar-refractivity contribution is 0.479. The van der Waals surface area contributed by atoms with Crippen LogP contribution in [0.5, 0.6) is 23.0 Å². The highest BCUT2D eigenvalue weighted by atomic mass is 16.5. The van der Waals surface area contributed by atoms with Crippen LogP contribution in [0.1, 0.15) is 104 Å². The van der Waals surface area contributed by atoms with Gasteiger partial charge < -0.3 is 36.6 Å². The fourth-order valence-corrected chi connectivity index (χ4v) is 20.0. The average molecular weight is 1410 g/mol. The fraction of sp³-hybridized carbons (Fsp3) is 0.152. The first-order chi connectivity index (χ1) is 52.8. The molecule has 0 aliphatic carbocycles. The van der Waals surface area contributed by atoms with Gasteiger partial charge in [0, 0.05) is 82.1 Å². The molecule has 0 fully saturated rings. The topological polar surface area (TPSA) is 64.5 Å². The lowest BCUT2D eigenvalue weighted by Crippen LogP contribution is -2.58. The van der Waals surface area contributed by atoms with Crippen LogP contribution in [-0.4, -0.2) is 31.7 Å².